The van der Waals surface area contributed by atoms with E-state index in [4.69, 9.17) is 0 Å². The van der Waals surface area contributed by atoms with E-state index in [-0.39, 0.29) is 17.5 Å². The number of allylic oxidation sites excluding steroid dienone is 2. The van der Waals surface area contributed by atoms with Crippen LogP contribution in [0.1, 0.15) is 30.9 Å². The quantitative estimate of drug-likeness (QED) is 0.552. The number of Topliss-reactive ketones (excluding diaryl/α,β-unsaturated/α-hetero) is 1. The van der Waals surface area contributed by atoms with E-state index < -0.39 is 4.92 Å². The third-order valence-electron chi connectivity index (χ3n) is 5.27. The number of nitro groups is 1. The second-order valence-electron chi connectivity index (χ2n) is 6.84. The van der Waals surface area contributed by atoms with Gasteiger partial charge in [-0.25, -0.2) is 4.98 Å². The zero-order chi connectivity index (χ0) is 18.5. The molecule has 1 aliphatic carbocycles. The lowest BCUT2D eigenvalue weighted by atomic mass is 9.85. The number of hydrogen-bond acceptors (Lipinski definition) is 5. The van der Waals surface area contributed by atoms with Crippen molar-refractivity contribution in [2.75, 3.05) is 5.32 Å². The maximum Gasteiger partial charge on any atom is 0.269 e. The van der Waals surface area contributed by atoms with Crippen LogP contribution in [-0.2, 0) is 4.79 Å². The van der Waals surface area contributed by atoms with Crippen molar-refractivity contribution in [1.82, 2.24) is 9.55 Å². The first kappa shape index (κ1) is 15.7. The zero-order valence-electron chi connectivity index (χ0n) is 14.4. The smallest absolute Gasteiger partial charge is 0.269 e. The lowest BCUT2D eigenvalue weighted by molar-refractivity contribution is -0.384. The van der Waals surface area contributed by atoms with Crippen molar-refractivity contribution in [2.45, 2.75) is 25.3 Å². The number of nitrogens with one attached hydrogen (secondary N) is 1. The average molecular weight is 360 g/mol. The van der Waals surface area contributed by atoms with Gasteiger partial charge in [-0.05, 0) is 42.7 Å². The molecule has 5 rings (SSSR count). The summed E-state index contributed by atoms with van der Waals surface area (Å²) in [6.07, 6.45) is 2.14. The lowest BCUT2D eigenvalue weighted by Gasteiger charge is -2.33. The van der Waals surface area contributed by atoms with Crippen LogP contribution in [0, 0.1) is 10.1 Å². The Morgan fingerprint density at radius 1 is 1.11 bits per heavy atom. The van der Waals surface area contributed by atoms with Gasteiger partial charge >= 0.3 is 0 Å². The minimum Gasteiger partial charge on any atom is -0.329 e. The van der Waals surface area contributed by atoms with Gasteiger partial charge in [-0.2, -0.15) is 0 Å². The lowest BCUT2D eigenvalue weighted by Crippen LogP contribution is -2.30. The predicted molar refractivity (Wildman–Crippen MR) is 100 cm³/mol. The Hall–Kier alpha value is -3.48. The van der Waals surface area contributed by atoms with E-state index in [1.165, 1.54) is 12.1 Å². The highest BCUT2D eigenvalue weighted by Crippen LogP contribution is 2.42. The van der Waals surface area contributed by atoms with Crippen LogP contribution in [0.25, 0.3) is 11.0 Å². The molecule has 0 amide bonds. The topological polar surface area (TPSA) is 90.1 Å². The minimum atomic E-state index is -0.416. The van der Waals surface area contributed by atoms with E-state index in [2.05, 4.69) is 10.3 Å². The van der Waals surface area contributed by atoms with E-state index in [9.17, 15) is 14.9 Å². The van der Waals surface area contributed by atoms with Gasteiger partial charge in [-0.1, -0.05) is 12.1 Å². The van der Waals surface area contributed by atoms with Gasteiger partial charge in [-0.15, -0.1) is 0 Å². The third kappa shape index (κ3) is 2.35. The predicted octanol–water partition coefficient (Wildman–Crippen LogP) is 3.97. The number of ketones is 1. The van der Waals surface area contributed by atoms with Crippen LogP contribution in [0.4, 0.5) is 11.6 Å². The molecule has 2 aliphatic rings. The Labute approximate surface area is 154 Å². The average Bonchev–Trinajstić information content (AvgIpc) is 3.05. The highest BCUT2D eigenvalue weighted by atomic mass is 16.6. The van der Waals surface area contributed by atoms with Crippen molar-refractivity contribution in [2.24, 2.45) is 0 Å². The second-order valence-corrected chi connectivity index (χ2v) is 6.84. The van der Waals surface area contributed by atoms with E-state index in [1.807, 2.05) is 28.8 Å². The summed E-state index contributed by atoms with van der Waals surface area (Å²) in [5.74, 6) is 0.823. The molecule has 0 saturated carbocycles. The van der Waals surface area contributed by atoms with Crippen molar-refractivity contribution in [3.63, 3.8) is 0 Å². The van der Waals surface area contributed by atoms with Gasteiger partial charge in [0, 0.05) is 29.8 Å². The van der Waals surface area contributed by atoms with E-state index in [0.29, 0.717) is 12.4 Å². The Bertz CT molecular complexity index is 1130. The molecule has 7 heteroatoms. The monoisotopic (exact) mass is 360 g/mol. The SMILES string of the molecule is O=C1CCCC2=C1[C@H](c1ccc([N+](=O)[O-])cc1)n1c(nc3ccccc31)N2. The van der Waals surface area contributed by atoms with Crippen molar-refractivity contribution in [3.8, 4) is 0 Å². The number of carbonyl (C=O) groups excluding carboxylic acids is 1. The molecule has 0 saturated heterocycles. The molecule has 0 unspecified atom stereocenters. The summed E-state index contributed by atoms with van der Waals surface area (Å²) in [5, 5.41) is 14.4. The molecule has 0 bridgehead atoms. The molecule has 27 heavy (non-hydrogen) atoms. The highest BCUT2D eigenvalue weighted by Gasteiger charge is 2.36. The summed E-state index contributed by atoms with van der Waals surface area (Å²) in [7, 11) is 0. The fraction of sp³-hybridized carbons (Fsp3) is 0.200. The number of aromatic nitrogens is 2. The van der Waals surface area contributed by atoms with Crippen molar-refractivity contribution in [3.05, 3.63) is 75.5 Å². The van der Waals surface area contributed by atoms with Gasteiger partial charge in [-0.3, -0.25) is 19.5 Å². The number of hydrogen-bond donors (Lipinski definition) is 1. The molecule has 1 aromatic heterocycles. The Kier molecular flexibility index (Phi) is 3.36. The molecular weight excluding hydrogens is 344 g/mol. The molecule has 134 valence electrons. The van der Waals surface area contributed by atoms with Crippen LogP contribution in [-0.4, -0.2) is 20.3 Å². The first-order chi connectivity index (χ1) is 13.1. The Balaban J connectivity index is 1.76. The Morgan fingerprint density at radius 3 is 2.67 bits per heavy atom. The van der Waals surface area contributed by atoms with Gasteiger partial charge in [0.2, 0.25) is 5.95 Å². The largest absolute Gasteiger partial charge is 0.329 e. The van der Waals surface area contributed by atoms with Crippen LogP contribution >= 0.6 is 0 Å². The first-order valence-electron chi connectivity index (χ1n) is 8.88. The highest BCUT2D eigenvalue weighted by molar-refractivity contribution is 6.00. The number of nitrogens with zero attached hydrogens (tertiary/aromatic N) is 3. The van der Waals surface area contributed by atoms with Gasteiger partial charge in [0.15, 0.2) is 5.78 Å². The van der Waals surface area contributed by atoms with Crippen LogP contribution in [0.2, 0.25) is 0 Å². The number of nitro benzene ring substituents is 1. The number of benzene rings is 2. The van der Waals surface area contributed by atoms with Gasteiger partial charge in [0.05, 0.1) is 22.0 Å². The summed E-state index contributed by atoms with van der Waals surface area (Å²) in [6, 6.07) is 13.9. The number of fused-ring (bicyclic) bond motifs is 3. The van der Waals surface area contributed by atoms with Crippen molar-refractivity contribution >= 4 is 28.5 Å². The zero-order valence-corrected chi connectivity index (χ0v) is 14.4. The van der Waals surface area contributed by atoms with Crippen molar-refractivity contribution in [1.29, 1.82) is 0 Å². The molecular formula is C20H16N4O3. The van der Waals surface area contributed by atoms with Crippen LogP contribution in [0.15, 0.2) is 59.8 Å². The molecule has 1 atom stereocenters. The van der Waals surface area contributed by atoms with Gasteiger partial charge in [0.1, 0.15) is 0 Å². The molecule has 1 aliphatic heterocycles. The molecule has 7 nitrogen and oxygen atoms in total. The number of para-hydroxylation sites is 2. The van der Waals surface area contributed by atoms with E-state index in [0.717, 1.165) is 40.7 Å². The van der Waals surface area contributed by atoms with Gasteiger partial charge in [0.25, 0.3) is 5.69 Å². The maximum absolute atomic E-state index is 12.8. The number of imidazole rings is 1. The molecule has 3 aromatic rings. The van der Waals surface area contributed by atoms with Crippen LogP contribution < -0.4 is 5.32 Å². The molecule has 0 spiro atoms. The summed E-state index contributed by atoms with van der Waals surface area (Å²) >= 11 is 0. The molecule has 0 radical (unpaired) electrons. The summed E-state index contributed by atoms with van der Waals surface area (Å²) in [6.45, 7) is 0. The number of rotatable bonds is 2. The first-order valence-corrected chi connectivity index (χ1v) is 8.88. The standard InChI is InChI=1S/C20H16N4O3/c25-17-7-3-5-15-18(17)19(12-8-10-13(11-9-12)24(26)27)23-16-6-2-1-4-14(16)21-20(23)22-15/h1-2,4,6,8-11,19H,3,5,7H2,(H,21,22)/t19-/m0/s1. The summed E-state index contributed by atoms with van der Waals surface area (Å²) < 4.78 is 2.03. The number of anilines is 1. The molecule has 2 aromatic carbocycles. The molecule has 1 N–H and O–H groups in total. The maximum atomic E-state index is 12.8. The summed E-state index contributed by atoms with van der Waals surface area (Å²) in [4.78, 5) is 28.1. The van der Waals surface area contributed by atoms with Crippen LogP contribution in [0.3, 0.4) is 0 Å². The third-order valence-corrected chi connectivity index (χ3v) is 5.27. The normalized spacial score (nSPS) is 18.8. The fourth-order valence-electron chi connectivity index (χ4n) is 4.06. The van der Waals surface area contributed by atoms with E-state index >= 15 is 0 Å². The number of non-ortho nitro benzene ring substituents is 1. The van der Waals surface area contributed by atoms with Gasteiger partial charge < -0.3 is 5.32 Å². The number of carbonyl (C=O) groups is 1. The summed E-state index contributed by atoms with van der Waals surface area (Å²) in [5.41, 5.74) is 4.30. The van der Waals surface area contributed by atoms with E-state index in [1.54, 1.807) is 12.1 Å². The Morgan fingerprint density at radius 2 is 1.89 bits per heavy atom. The molecule has 2 heterocycles. The minimum absolute atomic E-state index is 0.0348. The fourth-order valence-corrected chi connectivity index (χ4v) is 4.06. The molecule has 0 fully saturated rings. The second kappa shape index (κ2) is 5.77. The van der Waals surface area contributed by atoms with Crippen LogP contribution in [0.5, 0.6) is 0 Å². The van der Waals surface area contributed by atoms with Crippen molar-refractivity contribution < 1.29 is 9.72 Å².